The van der Waals surface area contributed by atoms with Crippen molar-refractivity contribution in [2.45, 2.75) is 6.54 Å². The molecule has 0 aromatic heterocycles. The molecule has 0 aliphatic carbocycles. The summed E-state index contributed by atoms with van der Waals surface area (Å²) in [5.74, 6) is -3.58. The van der Waals surface area contributed by atoms with Gasteiger partial charge >= 0.3 is 0 Å². The van der Waals surface area contributed by atoms with Gasteiger partial charge in [0.15, 0.2) is 24.0 Å². The van der Waals surface area contributed by atoms with E-state index in [1.54, 1.807) is 24.3 Å². The first-order chi connectivity index (χ1) is 13.8. The lowest BCUT2D eigenvalue weighted by atomic mass is 10.1. The number of halogens is 2. The van der Waals surface area contributed by atoms with Gasteiger partial charge in [-0.15, -0.1) is 0 Å². The van der Waals surface area contributed by atoms with Crippen LogP contribution in [-0.2, 0) is 16.1 Å². The second-order valence-electron chi connectivity index (χ2n) is 6.26. The van der Waals surface area contributed by atoms with E-state index in [2.05, 4.69) is 5.32 Å². The Labute approximate surface area is 173 Å². The molecule has 0 atom stereocenters. The van der Waals surface area contributed by atoms with Crippen LogP contribution >= 0.6 is 24.0 Å². The smallest absolute Gasteiger partial charge is 0.265 e. The molecule has 29 heavy (non-hydrogen) atoms. The highest BCUT2D eigenvalue weighted by atomic mass is 32.2. The van der Waals surface area contributed by atoms with Gasteiger partial charge in [0, 0.05) is 0 Å². The first-order valence-corrected chi connectivity index (χ1v) is 9.53. The molecule has 1 saturated heterocycles. The highest BCUT2D eigenvalue weighted by molar-refractivity contribution is 8.26. The first-order valence-electron chi connectivity index (χ1n) is 8.31. The molecule has 2 aromatic rings. The number of anilines is 1. The quantitative estimate of drug-likeness (QED) is 0.571. The average Bonchev–Trinajstić information content (AvgIpc) is 2.99. The zero-order valence-corrected chi connectivity index (χ0v) is 16.2. The van der Waals surface area contributed by atoms with E-state index in [-0.39, 0.29) is 24.6 Å². The minimum Gasteiger partial charge on any atom is -0.503 e. The molecule has 2 amide bonds. The Morgan fingerprint density at radius 1 is 1.24 bits per heavy atom. The molecule has 6 nitrogen and oxygen atoms in total. The number of aromatic hydroxyl groups is 1. The van der Waals surface area contributed by atoms with Crippen molar-refractivity contribution in [3.8, 4) is 11.5 Å². The number of amides is 2. The minimum absolute atomic E-state index is 0.122. The first kappa shape index (κ1) is 19.3. The fourth-order valence-corrected chi connectivity index (χ4v) is 3.99. The number of thioether (sulfide) groups is 1. The van der Waals surface area contributed by atoms with E-state index in [9.17, 15) is 23.5 Å². The summed E-state index contributed by atoms with van der Waals surface area (Å²) in [6, 6.07) is 6.94. The lowest BCUT2D eigenvalue weighted by Gasteiger charge is -2.30. The molecule has 2 heterocycles. The molecule has 0 radical (unpaired) electrons. The largest absolute Gasteiger partial charge is 0.503 e. The van der Waals surface area contributed by atoms with Crippen LogP contribution in [-0.4, -0.2) is 27.8 Å². The van der Waals surface area contributed by atoms with Gasteiger partial charge in [0.1, 0.15) is 10.1 Å². The average molecular weight is 434 g/mol. The van der Waals surface area contributed by atoms with Crippen LogP contribution in [0.4, 0.5) is 14.5 Å². The Morgan fingerprint density at radius 3 is 2.62 bits per heavy atom. The molecule has 0 bridgehead atoms. The van der Waals surface area contributed by atoms with E-state index < -0.39 is 23.3 Å². The van der Waals surface area contributed by atoms with Gasteiger partial charge in [-0.25, -0.2) is 8.78 Å². The van der Waals surface area contributed by atoms with Gasteiger partial charge in [0.2, 0.25) is 0 Å². The topological polar surface area (TPSA) is 78.9 Å². The standard InChI is InChI=1S/C19H12F2N2O4S2/c20-11-3-10(4-12(21)17(11)25)7-23-13-5-9(1-2-14(13)27-8-16(23)24)6-15-18(26)22-19(28)29-15/h1-6,25H,7-8H2,(H,22,26,28). The number of rotatable bonds is 3. The third-order valence-corrected chi connectivity index (χ3v) is 5.45. The molecule has 10 heteroatoms. The molecule has 148 valence electrons. The summed E-state index contributed by atoms with van der Waals surface area (Å²) in [5, 5.41) is 11.8. The molecule has 2 aliphatic heterocycles. The normalized spacial score (nSPS) is 17.4. The Kier molecular flexibility index (Phi) is 4.97. The van der Waals surface area contributed by atoms with E-state index in [0.717, 1.165) is 23.9 Å². The molecule has 0 unspecified atom stereocenters. The van der Waals surface area contributed by atoms with Gasteiger partial charge in [-0.3, -0.25) is 9.59 Å². The van der Waals surface area contributed by atoms with E-state index in [4.69, 9.17) is 17.0 Å². The Balaban J connectivity index is 1.69. The van der Waals surface area contributed by atoms with Crippen molar-refractivity contribution in [3.05, 3.63) is 58.0 Å². The predicted octanol–water partition coefficient (Wildman–Crippen LogP) is 3.08. The zero-order valence-electron chi connectivity index (χ0n) is 14.6. The third kappa shape index (κ3) is 3.81. The Morgan fingerprint density at radius 2 is 1.97 bits per heavy atom. The third-order valence-electron chi connectivity index (χ3n) is 4.28. The van der Waals surface area contributed by atoms with E-state index >= 15 is 0 Å². The van der Waals surface area contributed by atoms with E-state index in [1.807, 2.05) is 0 Å². The lowest BCUT2D eigenvalue weighted by molar-refractivity contribution is -0.121. The second-order valence-corrected chi connectivity index (χ2v) is 7.97. The number of ether oxygens (including phenoxy) is 1. The number of phenols is 1. The number of nitrogens with zero attached hydrogens (tertiary/aromatic N) is 1. The summed E-state index contributed by atoms with van der Waals surface area (Å²) in [7, 11) is 0. The number of benzene rings is 2. The van der Waals surface area contributed by atoms with Gasteiger partial charge in [0.05, 0.1) is 17.1 Å². The van der Waals surface area contributed by atoms with Crippen molar-refractivity contribution in [2.75, 3.05) is 11.5 Å². The fraction of sp³-hybridized carbons (Fsp3) is 0.105. The highest BCUT2D eigenvalue weighted by Crippen LogP contribution is 2.36. The van der Waals surface area contributed by atoms with E-state index in [1.165, 1.54) is 4.90 Å². The Bertz CT molecular complexity index is 1080. The number of thiocarbonyl (C=S) groups is 1. The van der Waals surface area contributed by atoms with Gasteiger partial charge in [-0.05, 0) is 41.5 Å². The zero-order chi connectivity index (χ0) is 20.7. The molecule has 4 rings (SSSR count). The van der Waals surface area contributed by atoms with Crippen LogP contribution in [0.25, 0.3) is 6.08 Å². The van der Waals surface area contributed by atoms with Gasteiger partial charge in [-0.2, -0.15) is 0 Å². The molecule has 2 N–H and O–H groups in total. The van der Waals surface area contributed by atoms with Crippen LogP contribution < -0.4 is 15.0 Å². The van der Waals surface area contributed by atoms with Gasteiger partial charge in [-0.1, -0.05) is 30.0 Å². The number of carbonyl (C=O) groups is 2. The fourth-order valence-electron chi connectivity index (χ4n) is 2.95. The van der Waals surface area contributed by atoms with Crippen LogP contribution in [0.1, 0.15) is 11.1 Å². The van der Waals surface area contributed by atoms with Crippen molar-refractivity contribution in [1.82, 2.24) is 5.32 Å². The summed E-state index contributed by atoms with van der Waals surface area (Å²) < 4.78 is 33.1. The molecular formula is C19H12F2N2O4S2. The number of hydrogen-bond donors (Lipinski definition) is 2. The van der Waals surface area contributed by atoms with Crippen LogP contribution in [0.3, 0.4) is 0 Å². The SMILES string of the molecule is O=C1NC(=S)SC1=Cc1ccc2c(c1)N(Cc1cc(F)c(O)c(F)c1)C(=O)CO2. The van der Waals surface area contributed by atoms with Crippen LogP contribution in [0.5, 0.6) is 11.5 Å². The monoisotopic (exact) mass is 434 g/mol. The number of hydrogen-bond acceptors (Lipinski definition) is 6. The van der Waals surface area contributed by atoms with Crippen molar-refractivity contribution in [2.24, 2.45) is 0 Å². The minimum atomic E-state index is -1.11. The summed E-state index contributed by atoms with van der Waals surface area (Å²) in [6.07, 6.45) is 1.62. The summed E-state index contributed by atoms with van der Waals surface area (Å²) in [5.41, 5.74) is 1.19. The molecule has 0 spiro atoms. The maximum Gasteiger partial charge on any atom is 0.265 e. The summed E-state index contributed by atoms with van der Waals surface area (Å²) >= 11 is 6.09. The molecule has 1 fully saturated rings. The van der Waals surface area contributed by atoms with Crippen molar-refractivity contribution >= 4 is 51.9 Å². The van der Waals surface area contributed by atoms with Crippen molar-refractivity contribution in [1.29, 1.82) is 0 Å². The summed E-state index contributed by atoms with van der Waals surface area (Å²) in [6.45, 7) is -0.342. The lowest BCUT2D eigenvalue weighted by Crippen LogP contribution is -2.38. The summed E-state index contributed by atoms with van der Waals surface area (Å²) in [4.78, 5) is 26.0. The van der Waals surface area contributed by atoms with Gasteiger partial charge in [0.25, 0.3) is 11.8 Å². The number of carbonyl (C=O) groups excluding carboxylic acids is 2. The number of phenolic OH excluding ortho intramolecular Hbond substituents is 1. The number of nitrogens with one attached hydrogen (secondary N) is 1. The molecule has 2 aliphatic rings. The maximum atomic E-state index is 13.7. The van der Waals surface area contributed by atoms with Crippen molar-refractivity contribution in [3.63, 3.8) is 0 Å². The molecular weight excluding hydrogens is 422 g/mol. The number of fused-ring (bicyclic) bond motifs is 1. The predicted molar refractivity (Wildman–Crippen MR) is 107 cm³/mol. The van der Waals surface area contributed by atoms with E-state index in [0.29, 0.717) is 26.2 Å². The van der Waals surface area contributed by atoms with Gasteiger partial charge < -0.3 is 20.1 Å². The Hall–Kier alpha value is -2.98. The molecule has 0 saturated carbocycles. The van der Waals surface area contributed by atoms with Crippen LogP contribution in [0, 0.1) is 11.6 Å². The maximum absolute atomic E-state index is 13.7. The highest BCUT2D eigenvalue weighted by Gasteiger charge is 2.27. The second kappa shape index (κ2) is 7.45. The van der Waals surface area contributed by atoms with Crippen LogP contribution in [0.15, 0.2) is 35.2 Å². The molecule has 2 aromatic carbocycles. The van der Waals surface area contributed by atoms with Crippen LogP contribution in [0.2, 0.25) is 0 Å². The van der Waals surface area contributed by atoms with Crippen molar-refractivity contribution < 1.29 is 28.2 Å².